The van der Waals surface area contributed by atoms with E-state index in [0.29, 0.717) is 0 Å². The molecule has 0 radical (unpaired) electrons. The first-order valence-corrected chi connectivity index (χ1v) is 7.08. The molecule has 0 aliphatic rings. The summed E-state index contributed by atoms with van der Waals surface area (Å²) in [5.74, 6) is 0. The topological polar surface area (TPSA) is 0 Å². The average molecular weight is 364 g/mol. The van der Waals surface area contributed by atoms with E-state index in [2.05, 4.69) is 0 Å². The Bertz CT molecular complexity index is 172. The molecule has 0 rings (SSSR count). The Morgan fingerprint density at radius 2 is 0.438 bits per heavy atom. The van der Waals surface area contributed by atoms with Crippen LogP contribution in [0, 0.1) is 75.5 Å². The third kappa shape index (κ3) is 627. The van der Waals surface area contributed by atoms with E-state index in [0.717, 1.165) is 0 Å². The van der Waals surface area contributed by atoms with Crippen molar-refractivity contribution in [2.24, 2.45) is 0 Å². The number of halogens is 10. The van der Waals surface area contributed by atoms with Gasteiger partial charge < -0.3 is 0 Å². The van der Waals surface area contributed by atoms with Crippen LogP contribution in [-0.2, 0) is 0 Å². The first kappa shape index (κ1) is 27.0. The maximum atomic E-state index is 10.5. The minimum absolute atomic E-state index is 0. The predicted molar refractivity (Wildman–Crippen MR) is 38.1 cm³/mol. The van der Waals surface area contributed by atoms with Crippen LogP contribution in [0.15, 0.2) is 0 Å². The van der Waals surface area contributed by atoms with Gasteiger partial charge in [0.25, 0.3) is 20.4 Å². The fourth-order valence-corrected chi connectivity index (χ4v) is 0. The summed E-state index contributed by atoms with van der Waals surface area (Å²) in [7, 11) is -17.9. The Morgan fingerprint density at radius 1 is 0.438 bits per heavy atom. The molecule has 0 saturated carbocycles. The van der Waals surface area contributed by atoms with Crippen molar-refractivity contribution in [1.82, 2.24) is 0 Å². The van der Waals surface area contributed by atoms with Crippen LogP contribution in [0.5, 0.6) is 0 Å². The van der Waals surface area contributed by atoms with Crippen LogP contribution >= 0.6 is 20.4 Å². The van der Waals surface area contributed by atoms with Crippen LogP contribution in [0.1, 0.15) is 0 Å². The van der Waals surface area contributed by atoms with Crippen molar-refractivity contribution >= 4 is 20.4 Å². The minimum atomic E-state index is -8.97. The molecule has 112 valence electrons. The number of hydrogen-bond acceptors (Lipinski definition) is 0. The molecule has 0 aromatic carbocycles. The predicted octanol–water partition coefficient (Wildman–Crippen LogP) is 5.83. The van der Waals surface area contributed by atoms with Gasteiger partial charge >= 0.3 is 0 Å². The second-order valence-electron chi connectivity index (χ2n) is 2.71. The van der Waals surface area contributed by atoms with Crippen LogP contribution in [0.25, 0.3) is 0 Å². The van der Waals surface area contributed by atoms with Gasteiger partial charge in [-0.3, -0.25) is 0 Å². The molecule has 0 fully saturated rings. The Morgan fingerprint density at radius 3 is 0.438 bits per heavy atom. The quantitative estimate of drug-likeness (QED) is 0.475. The van der Waals surface area contributed by atoms with E-state index in [4.69, 9.17) is 0 Å². The second kappa shape index (κ2) is 4.52. The fraction of sp³-hybridized carbons (Fsp3) is 1.00. The Labute approximate surface area is 145 Å². The van der Waals surface area contributed by atoms with E-state index in [1.165, 1.54) is 0 Å². The summed E-state index contributed by atoms with van der Waals surface area (Å²) >= 11 is 0. The van der Waals surface area contributed by atoms with Gasteiger partial charge in [0, 0.05) is 75.5 Å². The van der Waals surface area contributed by atoms with E-state index >= 15 is 0 Å². The molecule has 14 heteroatoms. The summed E-state index contributed by atoms with van der Waals surface area (Å²) < 4.78 is 105. The van der Waals surface area contributed by atoms with Crippen molar-refractivity contribution < 1.29 is 114 Å². The molecule has 0 aromatic rings. The van der Waals surface area contributed by atoms with Crippen LogP contribution in [0.3, 0.4) is 0 Å². The van der Waals surface area contributed by atoms with E-state index in [9.17, 15) is 38.9 Å². The average Bonchev–Trinajstić information content (AvgIpc) is 0.938. The normalized spacial score (nSPS) is 20.2. The van der Waals surface area contributed by atoms with E-state index in [1.807, 2.05) is 0 Å². The molecule has 0 aliphatic carbocycles. The van der Waals surface area contributed by atoms with Crippen molar-refractivity contribution in [2.45, 2.75) is 0 Å². The first-order chi connectivity index (χ1) is 4.90. The summed E-state index contributed by atoms with van der Waals surface area (Å²) in [6.45, 7) is 0. The van der Waals surface area contributed by atoms with Gasteiger partial charge in [-0.2, -0.15) is 0 Å². The summed E-state index contributed by atoms with van der Waals surface area (Å²) in [4.78, 5) is 0. The van der Waals surface area contributed by atoms with Gasteiger partial charge in [0.05, 0.1) is 12.5 Å². The van der Waals surface area contributed by atoms with Crippen LogP contribution in [0.2, 0.25) is 0 Å². The molecule has 0 nitrogen and oxygen atoms in total. The van der Waals surface area contributed by atoms with Crippen molar-refractivity contribution in [1.29, 1.82) is 0 Å². The molecule has 0 aromatic heterocycles. The third-order valence-electron chi connectivity index (χ3n) is 0. The largest absolute Gasteiger partial charge is 0.283 e. The van der Waals surface area contributed by atoms with Gasteiger partial charge in [-0.25, -0.2) is 0 Å². The van der Waals surface area contributed by atoms with E-state index in [1.54, 1.807) is 0 Å². The summed E-state index contributed by atoms with van der Waals surface area (Å²) in [5, 5.41) is 0. The second-order valence-corrected chi connectivity index (χ2v) is 8.13. The molecule has 0 unspecified atom stereocenters. The van der Waals surface area contributed by atoms with E-state index < -0.39 is 33.0 Å². The zero-order valence-corrected chi connectivity index (χ0v) is 10.4. The molecule has 16 heavy (non-hydrogen) atoms. The van der Waals surface area contributed by atoms with Gasteiger partial charge in [0.1, 0.15) is 0 Å². The monoisotopic (exact) mass is 364 g/mol. The summed E-state index contributed by atoms with van der Waals surface area (Å²) in [6.07, 6.45) is -1.97. The van der Waals surface area contributed by atoms with Crippen LogP contribution in [0.4, 0.5) is 38.9 Å². The van der Waals surface area contributed by atoms with Gasteiger partial charge in [-0.15, -0.1) is 0 Å². The summed E-state index contributed by atoms with van der Waals surface area (Å²) in [5.41, 5.74) is 0. The van der Waals surface area contributed by atoms with E-state index in [-0.39, 0.29) is 75.5 Å². The van der Waals surface area contributed by atoms with Crippen molar-refractivity contribution in [2.75, 3.05) is 12.5 Å². The minimum Gasteiger partial charge on any atom is -0.0981 e. The molecule has 0 saturated heterocycles. The molecule has 0 aliphatic heterocycles. The molecule has 0 bridgehead atoms. The zero-order valence-electron chi connectivity index (χ0n) is 7.30. The summed E-state index contributed by atoms with van der Waals surface area (Å²) in [6, 6.07) is 0. The fourth-order valence-electron chi connectivity index (χ4n) is 0. The van der Waals surface area contributed by atoms with Crippen molar-refractivity contribution in [3.8, 4) is 0 Å². The maximum Gasteiger partial charge on any atom is 0.283 e. The molecular formula is C2H6Ar2F10S2. The Balaban J connectivity index is -0.0000000800. The molecule has 0 spiro atoms. The first-order valence-electron chi connectivity index (χ1n) is 2.36. The van der Waals surface area contributed by atoms with Crippen LogP contribution in [-0.4, -0.2) is 12.5 Å². The maximum absolute atomic E-state index is 10.5. The van der Waals surface area contributed by atoms with Gasteiger partial charge in [0.15, 0.2) is 0 Å². The molecule has 0 amide bonds. The van der Waals surface area contributed by atoms with Gasteiger partial charge in [-0.1, -0.05) is 38.9 Å². The third-order valence-corrected chi connectivity index (χ3v) is 0. The number of hydrogen-bond donors (Lipinski definition) is 0. The Hall–Kier alpha value is 2.52. The SMILES string of the molecule is CS(F)(F)(F)(F)F.CS(F)(F)(F)(F)F.[Ar].[Ar]. The van der Waals surface area contributed by atoms with Crippen LogP contribution < -0.4 is 0 Å². The van der Waals surface area contributed by atoms with Gasteiger partial charge in [0.2, 0.25) is 0 Å². The van der Waals surface area contributed by atoms with Gasteiger partial charge in [-0.05, 0) is 0 Å². The molecule has 0 N–H and O–H groups in total. The molecular weight excluding hydrogens is 358 g/mol. The van der Waals surface area contributed by atoms with Crippen molar-refractivity contribution in [3.05, 3.63) is 0 Å². The molecule has 0 atom stereocenters. The smallest absolute Gasteiger partial charge is 0.0981 e. The number of rotatable bonds is 0. The molecule has 0 heterocycles. The Kier molecular flexibility index (Phi) is 7.62. The standard InChI is InChI=1S/2CH3F5S.2Ar/c2*1-7(2,3,4,5)6;;/h2*1H3;;. The zero-order chi connectivity index (χ0) is 12.8. The van der Waals surface area contributed by atoms with Crippen molar-refractivity contribution in [3.63, 3.8) is 0 Å².